The molecule has 3 N–H and O–H groups in total. The van der Waals surface area contributed by atoms with Crippen molar-refractivity contribution in [3.63, 3.8) is 0 Å². The van der Waals surface area contributed by atoms with Crippen LogP contribution in [0.25, 0.3) is 65.7 Å². The van der Waals surface area contributed by atoms with Gasteiger partial charge in [-0.05, 0) is 132 Å². The van der Waals surface area contributed by atoms with Crippen molar-refractivity contribution < 1.29 is 0 Å². The summed E-state index contributed by atoms with van der Waals surface area (Å²) >= 11 is 0. The summed E-state index contributed by atoms with van der Waals surface area (Å²) in [6.07, 6.45) is 0. The molecule has 0 amide bonds. The summed E-state index contributed by atoms with van der Waals surface area (Å²) in [6.45, 7) is 7.19. The van der Waals surface area contributed by atoms with Crippen LogP contribution in [0.3, 0.4) is 0 Å². The Balaban J connectivity index is 0.000000300. The number of benzene rings is 11. The van der Waals surface area contributed by atoms with E-state index in [4.69, 9.17) is 11.1 Å². The van der Waals surface area contributed by atoms with Gasteiger partial charge in [-0.15, -0.1) is 0 Å². The van der Waals surface area contributed by atoms with E-state index in [2.05, 4.69) is 233 Å². The van der Waals surface area contributed by atoms with E-state index in [9.17, 15) is 0 Å². The maximum Gasteiger partial charge on any atom is 0.0713 e. The fourth-order valence-electron chi connectivity index (χ4n) is 9.98. The third-order valence-corrected chi connectivity index (χ3v) is 13.0. The molecule has 12 rings (SSSR count). The molecule has 0 spiro atoms. The number of nitrogens with two attached hydrogens (primary N) is 1. The Kier molecular flexibility index (Phi) is 13.1. The van der Waals surface area contributed by atoms with Crippen LogP contribution in [0.15, 0.2) is 249 Å². The smallest absolute Gasteiger partial charge is 0.0713 e. The fourth-order valence-corrected chi connectivity index (χ4v) is 9.98. The van der Waals surface area contributed by atoms with Crippen molar-refractivity contribution in [1.82, 2.24) is 0 Å². The Morgan fingerprint density at radius 1 is 0.358 bits per heavy atom. The van der Waals surface area contributed by atoms with Crippen molar-refractivity contribution in [1.29, 1.82) is 5.41 Å². The molecule has 67 heavy (non-hydrogen) atoms. The van der Waals surface area contributed by atoms with Gasteiger partial charge in [0.15, 0.2) is 0 Å². The molecule has 0 saturated heterocycles. The Hall–Kier alpha value is -8.17. The van der Waals surface area contributed by atoms with Crippen LogP contribution in [-0.2, 0) is 12.0 Å². The molecule has 11 aromatic rings. The molecule has 0 fully saturated rings. The zero-order chi connectivity index (χ0) is 46.2. The van der Waals surface area contributed by atoms with Crippen molar-refractivity contribution >= 4 is 39.0 Å². The van der Waals surface area contributed by atoms with Gasteiger partial charge in [-0.2, -0.15) is 0 Å². The standard InChI is InChI=1S/C50H35N.2C7H8.CH3N/c51-32-33-13-11-14-34(29-33)35-25-28-45-46(30-35)41-20-8-7-19-40(41)44-23-12-22-39(49(44)45)36-26-27-43-42-21-9-10-24-47(42)50(48(43)31-36,37-15-3-1-4-16-37)38-17-5-2-6-18-38;2*1-7-5-3-2-4-6-7;1-2/h1-31H,32,51H2;2*2-6H,1H3;2H,1H2. The first-order valence-electron chi connectivity index (χ1n) is 23.0. The topological polar surface area (TPSA) is 49.9 Å². The average molecular weight is 863 g/mol. The fraction of sp³-hybridized carbons (Fsp3) is 0.0615. The maximum absolute atomic E-state index is 6.04. The molecule has 1 aliphatic carbocycles. The highest BCUT2D eigenvalue weighted by molar-refractivity contribution is 6.28. The Bertz CT molecular complexity index is 3360. The van der Waals surface area contributed by atoms with Gasteiger partial charge in [-0.1, -0.05) is 242 Å². The Morgan fingerprint density at radius 2 is 0.821 bits per heavy atom. The van der Waals surface area contributed by atoms with Crippen LogP contribution in [0.4, 0.5) is 0 Å². The van der Waals surface area contributed by atoms with Crippen LogP contribution in [0.5, 0.6) is 0 Å². The van der Waals surface area contributed by atoms with Crippen molar-refractivity contribution in [2.75, 3.05) is 0 Å². The lowest BCUT2D eigenvalue weighted by Gasteiger charge is -2.34. The lowest BCUT2D eigenvalue weighted by molar-refractivity contribution is 0.769. The van der Waals surface area contributed by atoms with Crippen LogP contribution in [-0.4, -0.2) is 6.72 Å². The third kappa shape index (κ3) is 8.48. The summed E-state index contributed by atoms with van der Waals surface area (Å²) < 4.78 is 0. The van der Waals surface area contributed by atoms with Crippen molar-refractivity contribution in [3.8, 4) is 33.4 Å². The normalized spacial score (nSPS) is 11.8. The first-order valence-corrected chi connectivity index (χ1v) is 23.0. The molecule has 0 radical (unpaired) electrons. The lowest BCUT2D eigenvalue weighted by Crippen LogP contribution is -2.28. The highest BCUT2D eigenvalue weighted by atomic mass is 14.5. The number of hydrogen-bond acceptors (Lipinski definition) is 2. The minimum Gasteiger partial charge on any atom is -0.326 e. The minimum atomic E-state index is -0.448. The molecule has 0 heterocycles. The number of fused-ring (bicyclic) bond motifs is 9. The van der Waals surface area contributed by atoms with E-state index in [-0.39, 0.29) is 0 Å². The second-order valence-corrected chi connectivity index (χ2v) is 17.0. The van der Waals surface area contributed by atoms with Gasteiger partial charge in [0.2, 0.25) is 0 Å². The molecule has 11 aromatic carbocycles. The lowest BCUT2D eigenvalue weighted by atomic mass is 9.67. The molecular weight excluding hydrogens is 809 g/mol. The van der Waals surface area contributed by atoms with E-state index < -0.39 is 5.41 Å². The molecule has 2 nitrogen and oxygen atoms in total. The molecule has 0 saturated carbocycles. The van der Waals surface area contributed by atoms with E-state index in [1.807, 2.05) is 36.4 Å². The summed E-state index contributed by atoms with van der Waals surface area (Å²) in [7, 11) is 0. The molecule has 0 atom stereocenters. The maximum atomic E-state index is 6.04. The first kappa shape index (κ1) is 44.1. The quantitative estimate of drug-likeness (QED) is 0.131. The van der Waals surface area contributed by atoms with Crippen molar-refractivity contribution in [2.45, 2.75) is 25.8 Å². The van der Waals surface area contributed by atoms with Gasteiger partial charge in [-0.25, -0.2) is 0 Å². The van der Waals surface area contributed by atoms with Gasteiger partial charge in [0, 0.05) is 6.54 Å². The molecule has 0 aromatic heterocycles. The molecule has 0 bridgehead atoms. The SMILES string of the molecule is C=N.Cc1ccccc1.Cc1ccccc1.NCc1cccc(-c2ccc3c(c2)c2ccccc2c2cccc(-c4ccc5c(c4)C(c4ccccc4)(c4ccccc4)c4ccccc4-5)c23)c1. The van der Waals surface area contributed by atoms with Crippen LogP contribution >= 0.6 is 0 Å². The summed E-state index contributed by atoms with van der Waals surface area (Å²) in [5, 5.41) is 13.1. The van der Waals surface area contributed by atoms with E-state index in [1.54, 1.807) is 0 Å². The van der Waals surface area contributed by atoms with Crippen LogP contribution in [0.2, 0.25) is 0 Å². The van der Waals surface area contributed by atoms with Gasteiger partial charge in [0.05, 0.1) is 5.41 Å². The number of hydrogen-bond donors (Lipinski definition) is 2. The second-order valence-electron chi connectivity index (χ2n) is 17.0. The van der Waals surface area contributed by atoms with Gasteiger partial charge in [0.1, 0.15) is 0 Å². The Labute approximate surface area is 395 Å². The van der Waals surface area contributed by atoms with Gasteiger partial charge >= 0.3 is 0 Å². The predicted molar refractivity (Wildman–Crippen MR) is 287 cm³/mol. The van der Waals surface area contributed by atoms with Crippen LogP contribution in [0.1, 0.15) is 38.9 Å². The van der Waals surface area contributed by atoms with Crippen molar-refractivity contribution in [2.24, 2.45) is 5.73 Å². The van der Waals surface area contributed by atoms with Crippen LogP contribution < -0.4 is 5.73 Å². The Morgan fingerprint density at radius 3 is 1.42 bits per heavy atom. The number of aryl methyl sites for hydroxylation is 2. The van der Waals surface area contributed by atoms with E-state index in [1.165, 1.54) is 99.1 Å². The molecule has 324 valence electrons. The monoisotopic (exact) mass is 862 g/mol. The highest BCUT2D eigenvalue weighted by Gasteiger charge is 2.46. The van der Waals surface area contributed by atoms with E-state index in [0.717, 1.165) is 5.56 Å². The zero-order valence-electron chi connectivity index (χ0n) is 38.2. The van der Waals surface area contributed by atoms with Crippen LogP contribution in [0, 0.1) is 19.3 Å². The summed E-state index contributed by atoms with van der Waals surface area (Å²) in [6, 6.07) is 90.1. The highest BCUT2D eigenvalue weighted by Crippen LogP contribution is 2.57. The first-order chi connectivity index (χ1) is 33.0. The number of nitrogens with one attached hydrogen (secondary N) is 1. The van der Waals surface area contributed by atoms with E-state index in [0.29, 0.717) is 6.54 Å². The third-order valence-electron chi connectivity index (χ3n) is 13.0. The molecule has 1 aliphatic rings. The average Bonchev–Trinajstić information content (AvgIpc) is 3.70. The summed E-state index contributed by atoms with van der Waals surface area (Å²) in [4.78, 5) is 0. The van der Waals surface area contributed by atoms with Gasteiger partial charge < -0.3 is 11.1 Å². The largest absolute Gasteiger partial charge is 0.326 e. The predicted octanol–water partition coefficient (Wildman–Crippen LogP) is 16.6. The van der Waals surface area contributed by atoms with Crippen molar-refractivity contribution in [3.05, 3.63) is 288 Å². The second kappa shape index (κ2) is 19.9. The zero-order valence-corrected chi connectivity index (χ0v) is 38.2. The van der Waals surface area contributed by atoms with Gasteiger partial charge in [-0.3, -0.25) is 0 Å². The molecule has 0 aliphatic heterocycles. The van der Waals surface area contributed by atoms with E-state index >= 15 is 0 Å². The van der Waals surface area contributed by atoms with Gasteiger partial charge in [0.25, 0.3) is 0 Å². The number of rotatable bonds is 5. The summed E-state index contributed by atoms with van der Waals surface area (Å²) in [5.41, 5.74) is 22.0. The molecule has 2 heteroatoms. The summed E-state index contributed by atoms with van der Waals surface area (Å²) in [5.74, 6) is 0. The minimum absolute atomic E-state index is 0.448. The molecule has 0 unspecified atom stereocenters. The molecular formula is C65H54N2.